The fourth-order valence-electron chi connectivity index (χ4n) is 1.57. The van der Waals surface area contributed by atoms with Crippen molar-refractivity contribution in [1.29, 1.82) is 0 Å². The molecule has 0 aromatic rings. The summed E-state index contributed by atoms with van der Waals surface area (Å²) >= 11 is 3.41. The second kappa shape index (κ2) is 5.36. The van der Waals surface area contributed by atoms with Gasteiger partial charge in [0.15, 0.2) is 9.84 Å². The number of hydrogen-bond donors (Lipinski definition) is 0. The summed E-state index contributed by atoms with van der Waals surface area (Å²) in [6, 6.07) is 0.632. The van der Waals surface area contributed by atoms with Crippen molar-refractivity contribution >= 4 is 25.8 Å². The normalized spacial score (nSPS) is 18.1. The fraction of sp³-hybridized carbons (Fsp3) is 1.00. The third kappa shape index (κ3) is 4.00. The predicted octanol–water partition coefficient (Wildman–Crippen LogP) is 2.06. The molecule has 1 aliphatic carbocycles. The molecular weight excluding hydrogens is 290 g/mol. The molecule has 1 fully saturated rings. The molecular formula is C11H22BrNO2S. The van der Waals surface area contributed by atoms with E-state index in [2.05, 4.69) is 20.8 Å². The predicted molar refractivity (Wildman–Crippen MR) is 71.9 cm³/mol. The Morgan fingerprint density at radius 2 is 1.81 bits per heavy atom. The molecule has 0 saturated heterocycles. The van der Waals surface area contributed by atoms with E-state index in [9.17, 15) is 8.42 Å². The zero-order valence-electron chi connectivity index (χ0n) is 10.4. The highest BCUT2D eigenvalue weighted by molar-refractivity contribution is 9.09. The minimum absolute atomic E-state index is 0.278. The highest BCUT2D eigenvalue weighted by Gasteiger charge is 2.32. The van der Waals surface area contributed by atoms with Crippen molar-refractivity contribution in [2.75, 3.05) is 24.2 Å². The maximum atomic E-state index is 12.0. The Balaban J connectivity index is 2.48. The molecule has 1 aliphatic rings. The van der Waals surface area contributed by atoms with Crippen molar-refractivity contribution in [1.82, 2.24) is 4.90 Å². The molecule has 96 valence electrons. The van der Waals surface area contributed by atoms with E-state index in [0.717, 1.165) is 11.9 Å². The molecule has 0 bridgehead atoms. The van der Waals surface area contributed by atoms with Gasteiger partial charge >= 0.3 is 0 Å². The van der Waals surface area contributed by atoms with Crippen molar-refractivity contribution in [3.05, 3.63) is 0 Å². The van der Waals surface area contributed by atoms with Crippen molar-refractivity contribution in [3.8, 4) is 0 Å². The van der Waals surface area contributed by atoms with Gasteiger partial charge in [0.2, 0.25) is 0 Å². The standard InChI is InChI=1S/C11H22BrNO2S/c1-11(2,3)16(14,15)9-8-13(7-6-12)10-4-5-10/h10H,4-9H2,1-3H3. The molecule has 0 aliphatic heterocycles. The average Bonchev–Trinajstić information content (AvgIpc) is 2.93. The Kier molecular flexibility index (Phi) is 4.84. The minimum atomic E-state index is -2.97. The Morgan fingerprint density at radius 1 is 1.25 bits per heavy atom. The maximum absolute atomic E-state index is 12.0. The monoisotopic (exact) mass is 311 g/mol. The van der Waals surface area contributed by atoms with Crippen LogP contribution in [0.15, 0.2) is 0 Å². The second-order valence-electron chi connectivity index (χ2n) is 5.39. The van der Waals surface area contributed by atoms with Crippen LogP contribution in [0.5, 0.6) is 0 Å². The maximum Gasteiger partial charge on any atom is 0.156 e. The number of halogens is 1. The summed E-state index contributed by atoms with van der Waals surface area (Å²) in [5, 5.41) is 0.916. The fourth-order valence-corrected chi connectivity index (χ4v) is 3.11. The molecule has 16 heavy (non-hydrogen) atoms. The van der Waals surface area contributed by atoms with E-state index in [1.165, 1.54) is 12.8 Å². The highest BCUT2D eigenvalue weighted by Crippen LogP contribution is 2.27. The van der Waals surface area contributed by atoms with Gasteiger partial charge in [-0.2, -0.15) is 0 Å². The summed E-state index contributed by atoms with van der Waals surface area (Å²) in [7, 11) is -2.97. The Morgan fingerprint density at radius 3 is 2.19 bits per heavy atom. The van der Waals surface area contributed by atoms with Gasteiger partial charge in [0.1, 0.15) is 0 Å². The smallest absolute Gasteiger partial charge is 0.156 e. The molecule has 0 atom stereocenters. The van der Waals surface area contributed by atoms with E-state index >= 15 is 0 Å². The van der Waals surface area contributed by atoms with Crippen LogP contribution >= 0.6 is 15.9 Å². The Labute approximate surface area is 108 Å². The summed E-state index contributed by atoms with van der Waals surface area (Å²) in [5.41, 5.74) is 0. The number of sulfone groups is 1. The van der Waals surface area contributed by atoms with Crippen LogP contribution in [0, 0.1) is 0 Å². The lowest BCUT2D eigenvalue weighted by Gasteiger charge is -2.24. The average molecular weight is 312 g/mol. The zero-order valence-corrected chi connectivity index (χ0v) is 12.8. The second-order valence-corrected chi connectivity index (χ2v) is 9.04. The third-order valence-corrected chi connectivity index (χ3v) is 5.96. The summed E-state index contributed by atoms with van der Waals surface area (Å²) < 4.78 is 23.3. The molecule has 0 spiro atoms. The zero-order chi connectivity index (χ0) is 12.4. The van der Waals surface area contributed by atoms with Crippen LogP contribution in [-0.4, -0.2) is 48.3 Å². The van der Waals surface area contributed by atoms with Gasteiger partial charge in [-0.05, 0) is 33.6 Å². The molecule has 0 aromatic carbocycles. The topological polar surface area (TPSA) is 37.4 Å². The van der Waals surface area contributed by atoms with Crippen molar-refractivity contribution < 1.29 is 8.42 Å². The van der Waals surface area contributed by atoms with Crippen LogP contribution in [0.3, 0.4) is 0 Å². The minimum Gasteiger partial charge on any atom is -0.299 e. The van der Waals surface area contributed by atoms with Crippen LogP contribution in [0.1, 0.15) is 33.6 Å². The van der Waals surface area contributed by atoms with Crippen molar-refractivity contribution in [2.45, 2.75) is 44.4 Å². The van der Waals surface area contributed by atoms with Gasteiger partial charge in [-0.25, -0.2) is 8.42 Å². The van der Waals surface area contributed by atoms with E-state index in [-0.39, 0.29) is 5.75 Å². The van der Waals surface area contributed by atoms with E-state index in [1.807, 2.05) is 0 Å². The molecule has 1 saturated carbocycles. The first-order chi connectivity index (χ1) is 7.28. The van der Waals surface area contributed by atoms with Crippen LogP contribution in [0.4, 0.5) is 0 Å². The summed E-state index contributed by atoms with van der Waals surface area (Å²) in [5.74, 6) is 0.278. The van der Waals surface area contributed by atoms with E-state index < -0.39 is 14.6 Å². The number of hydrogen-bond acceptors (Lipinski definition) is 3. The quantitative estimate of drug-likeness (QED) is 0.705. The first-order valence-electron chi connectivity index (χ1n) is 5.80. The lowest BCUT2D eigenvalue weighted by molar-refractivity contribution is 0.297. The van der Waals surface area contributed by atoms with Gasteiger partial charge in [-0.15, -0.1) is 0 Å². The largest absolute Gasteiger partial charge is 0.299 e. The molecule has 0 radical (unpaired) electrons. The molecule has 0 amide bonds. The van der Waals surface area contributed by atoms with Crippen molar-refractivity contribution in [2.24, 2.45) is 0 Å². The van der Waals surface area contributed by atoms with Gasteiger partial charge in [0, 0.05) is 24.5 Å². The molecule has 0 N–H and O–H groups in total. The SMILES string of the molecule is CC(C)(C)S(=O)(=O)CCN(CCBr)C1CC1. The van der Waals surface area contributed by atoms with Gasteiger partial charge < -0.3 is 0 Å². The molecule has 0 aromatic heterocycles. The first-order valence-corrected chi connectivity index (χ1v) is 8.57. The van der Waals surface area contributed by atoms with Crippen LogP contribution in [0.25, 0.3) is 0 Å². The third-order valence-electron chi connectivity index (χ3n) is 3.02. The van der Waals surface area contributed by atoms with Crippen LogP contribution in [0.2, 0.25) is 0 Å². The van der Waals surface area contributed by atoms with Crippen LogP contribution in [-0.2, 0) is 9.84 Å². The lowest BCUT2D eigenvalue weighted by atomic mass is 10.3. The van der Waals surface area contributed by atoms with E-state index in [0.29, 0.717) is 12.6 Å². The van der Waals surface area contributed by atoms with E-state index in [4.69, 9.17) is 0 Å². The van der Waals surface area contributed by atoms with Crippen molar-refractivity contribution in [3.63, 3.8) is 0 Å². The van der Waals surface area contributed by atoms with E-state index in [1.54, 1.807) is 20.8 Å². The van der Waals surface area contributed by atoms with Gasteiger partial charge in [-0.1, -0.05) is 15.9 Å². The first kappa shape index (κ1) is 14.5. The molecule has 5 heteroatoms. The summed E-state index contributed by atoms with van der Waals surface area (Å²) in [6.07, 6.45) is 2.45. The summed E-state index contributed by atoms with van der Waals surface area (Å²) in [4.78, 5) is 2.29. The lowest BCUT2D eigenvalue weighted by Crippen LogP contribution is -2.38. The van der Waals surface area contributed by atoms with Crippen LogP contribution < -0.4 is 0 Å². The van der Waals surface area contributed by atoms with Gasteiger partial charge in [0.05, 0.1) is 10.5 Å². The van der Waals surface area contributed by atoms with Gasteiger partial charge in [0.25, 0.3) is 0 Å². The number of nitrogens with zero attached hydrogens (tertiary/aromatic N) is 1. The molecule has 3 nitrogen and oxygen atoms in total. The number of alkyl halides is 1. The molecule has 0 heterocycles. The molecule has 1 rings (SSSR count). The molecule has 0 unspecified atom stereocenters. The Bertz CT molecular complexity index is 317. The summed E-state index contributed by atoms with van der Waals surface area (Å²) in [6.45, 7) is 6.94. The van der Waals surface area contributed by atoms with Gasteiger partial charge in [-0.3, -0.25) is 4.90 Å². The highest BCUT2D eigenvalue weighted by atomic mass is 79.9. The number of rotatable bonds is 6. The Hall–Kier alpha value is 0.390.